The lowest BCUT2D eigenvalue weighted by Crippen LogP contribution is -2.30. The third-order valence-electron chi connectivity index (χ3n) is 5.80. The number of pyridine rings is 1. The molecule has 4 rings (SSSR count). The Morgan fingerprint density at radius 2 is 1.97 bits per heavy atom. The van der Waals surface area contributed by atoms with E-state index in [-0.39, 0.29) is 16.8 Å². The molecule has 4 nitrogen and oxygen atoms in total. The van der Waals surface area contributed by atoms with Gasteiger partial charge in [-0.05, 0) is 67.5 Å². The second-order valence-electron chi connectivity index (χ2n) is 8.56. The Hall–Kier alpha value is -2.53. The molecule has 1 aromatic carbocycles. The van der Waals surface area contributed by atoms with Gasteiger partial charge in [-0.25, -0.2) is 0 Å². The molecule has 29 heavy (non-hydrogen) atoms. The van der Waals surface area contributed by atoms with E-state index in [4.69, 9.17) is 0 Å². The Kier molecular flexibility index (Phi) is 5.26. The van der Waals surface area contributed by atoms with Crippen LogP contribution in [0, 0.1) is 5.41 Å². The van der Waals surface area contributed by atoms with Crippen molar-refractivity contribution in [2.45, 2.75) is 46.6 Å². The molecule has 0 bridgehead atoms. The molecule has 0 N–H and O–H groups in total. The van der Waals surface area contributed by atoms with Crippen LogP contribution in [-0.4, -0.2) is 22.3 Å². The van der Waals surface area contributed by atoms with Gasteiger partial charge in [-0.2, -0.15) is 0 Å². The first-order chi connectivity index (χ1) is 13.9. The van der Waals surface area contributed by atoms with Crippen LogP contribution < -0.4 is 5.43 Å². The van der Waals surface area contributed by atoms with E-state index in [1.165, 1.54) is 4.88 Å². The normalized spacial score (nSPS) is 15.1. The molecule has 0 saturated heterocycles. The second kappa shape index (κ2) is 7.71. The van der Waals surface area contributed by atoms with Crippen LogP contribution in [0.4, 0.5) is 0 Å². The highest BCUT2D eigenvalue weighted by Gasteiger charge is 2.28. The van der Waals surface area contributed by atoms with E-state index in [0.717, 1.165) is 40.5 Å². The maximum Gasteiger partial charge on any atom is 0.254 e. The number of hydrogen-bond donors (Lipinski definition) is 0. The summed E-state index contributed by atoms with van der Waals surface area (Å²) in [5.74, 6) is -0.0103. The molecule has 0 aliphatic heterocycles. The summed E-state index contributed by atoms with van der Waals surface area (Å²) >= 11 is 1.68. The molecule has 0 fully saturated rings. The van der Waals surface area contributed by atoms with Gasteiger partial charge in [-0.1, -0.05) is 13.8 Å². The summed E-state index contributed by atoms with van der Waals surface area (Å²) < 4.78 is 0.914. The van der Waals surface area contributed by atoms with Crippen molar-refractivity contribution >= 4 is 27.3 Å². The van der Waals surface area contributed by atoms with Crippen LogP contribution >= 0.6 is 11.3 Å². The van der Waals surface area contributed by atoms with Gasteiger partial charge >= 0.3 is 0 Å². The van der Waals surface area contributed by atoms with Gasteiger partial charge in [0.15, 0.2) is 5.43 Å². The van der Waals surface area contributed by atoms with Crippen LogP contribution in [0.15, 0.2) is 47.5 Å². The van der Waals surface area contributed by atoms with Crippen molar-refractivity contribution in [1.82, 2.24) is 9.88 Å². The number of amides is 1. The average molecular weight is 407 g/mol. The minimum atomic E-state index is -0.0103. The van der Waals surface area contributed by atoms with Gasteiger partial charge in [0.05, 0.1) is 0 Å². The molecule has 0 atom stereocenters. The van der Waals surface area contributed by atoms with Crippen molar-refractivity contribution in [1.29, 1.82) is 0 Å². The highest BCUT2D eigenvalue weighted by molar-refractivity contribution is 7.18. The molecule has 3 aromatic rings. The predicted molar refractivity (Wildman–Crippen MR) is 119 cm³/mol. The van der Waals surface area contributed by atoms with E-state index in [0.29, 0.717) is 18.7 Å². The summed E-state index contributed by atoms with van der Waals surface area (Å²) in [5, 5.41) is 0.738. The average Bonchev–Trinajstić information content (AvgIpc) is 2.71. The maximum atomic E-state index is 13.1. The number of carbonyl (C=O) groups is 1. The topological polar surface area (TPSA) is 50.3 Å². The first-order valence-electron chi connectivity index (χ1n) is 10.1. The van der Waals surface area contributed by atoms with Crippen molar-refractivity contribution in [3.63, 3.8) is 0 Å². The van der Waals surface area contributed by atoms with Gasteiger partial charge in [0, 0.05) is 51.6 Å². The van der Waals surface area contributed by atoms with Gasteiger partial charge in [0.2, 0.25) is 0 Å². The number of fused-ring (bicyclic) bond motifs is 2. The van der Waals surface area contributed by atoms with Gasteiger partial charge in [0.25, 0.3) is 5.91 Å². The van der Waals surface area contributed by atoms with Crippen LogP contribution in [0.1, 0.15) is 53.6 Å². The highest BCUT2D eigenvalue weighted by atomic mass is 32.1. The van der Waals surface area contributed by atoms with Crippen molar-refractivity contribution in [3.05, 3.63) is 74.5 Å². The highest BCUT2D eigenvalue weighted by Crippen LogP contribution is 2.37. The molecular formula is C24H26N2O2S. The second-order valence-corrected chi connectivity index (χ2v) is 9.70. The Balaban J connectivity index is 1.69. The van der Waals surface area contributed by atoms with Gasteiger partial charge in [-0.15, -0.1) is 11.3 Å². The number of carbonyl (C=O) groups excluding carboxylic acids is 1. The van der Waals surface area contributed by atoms with Crippen LogP contribution in [0.3, 0.4) is 0 Å². The number of hydrogen-bond acceptors (Lipinski definition) is 4. The van der Waals surface area contributed by atoms with E-state index in [1.54, 1.807) is 29.8 Å². The number of nitrogens with zero attached hydrogens (tertiary/aromatic N) is 2. The molecule has 150 valence electrons. The first-order valence-corrected chi connectivity index (χ1v) is 11.0. The molecule has 2 heterocycles. The summed E-state index contributed by atoms with van der Waals surface area (Å²) in [6, 6.07) is 9.39. The SMILES string of the molecule is CCN(Cc1ccncc1)C(=O)c1ccc2c(=O)c3c(sc2c1)CC(C)(C)CC3. The molecule has 1 aliphatic carbocycles. The van der Waals surface area contributed by atoms with E-state index in [1.807, 2.05) is 36.1 Å². The minimum Gasteiger partial charge on any atom is -0.335 e. The van der Waals surface area contributed by atoms with Gasteiger partial charge in [0.1, 0.15) is 0 Å². The third kappa shape index (κ3) is 3.97. The lowest BCUT2D eigenvalue weighted by molar-refractivity contribution is 0.0752. The Morgan fingerprint density at radius 1 is 1.21 bits per heavy atom. The standard InChI is InChI=1S/C24H26N2O2S/c1-4-26(15-16-8-11-25-12-9-16)23(28)17-5-6-18-20(13-17)29-21-14-24(2,3)10-7-19(21)22(18)27/h5-6,8-9,11-13H,4,7,10,14-15H2,1-3H3. The molecule has 2 aromatic heterocycles. The van der Waals surface area contributed by atoms with E-state index >= 15 is 0 Å². The molecular weight excluding hydrogens is 380 g/mol. The van der Waals surface area contributed by atoms with Crippen molar-refractivity contribution in [3.8, 4) is 0 Å². The fourth-order valence-corrected chi connectivity index (χ4v) is 5.51. The molecule has 1 amide bonds. The largest absolute Gasteiger partial charge is 0.335 e. The zero-order valence-electron chi connectivity index (χ0n) is 17.2. The summed E-state index contributed by atoms with van der Waals surface area (Å²) in [7, 11) is 0. The lowest BCUT2D eigenvalue weighted by atomic mass is 9.77. The summed E-state index contributed by atoms with van der Waals surface area (Å²) in [5.41, 5.74) is 3.04. The first kappa shape index (κ1) is 19.8. The molecule has 1 aliphatic rings. The van der Waals surface area contributed by atoms with Gasteiger partial charge in [-0.3, -0.25) is 14.6 Å². The summed E-state index contributed by atoms with van der Waals surface area (Å²) in [6.07, 6.45) is 6.31. The Morgan fingerprint density at radius 3 is 2.69 bits per heavy atom. The molecule has 0 spiro atoms. The smallest absolute Gasteiger partial charge is 0.254 e. The summed E-state index contributed by atoms with van der Waals surface area (Å²) in [6.45, 7) is 7.67. The zero-order chi connectivity index (χ0) is 20.6. The fraction of sp³-hybridized carbons (Fsp3) is 0.375. The van der Waals surface area contributed by atoms with E-state index in [2.05, 4.69) is 18.8 Å². The van der Waals surface area contributed by atoms with Crippen LogP contribution in [0.25, 0.3) is 10.1 Å². The number of rotatable bonds is 4. The Bertz CT molecular complexity index is 1120. The fourth-order valence-electron chi connectivity index (χ4n) is 4.01. The predicted octanol–water partition coefficient (Wildman–Crippen LogP) is 4.83. The monoisotopic (exact) mass is 406 g/mol. The molecule has 0 radical (unpaired) electrons. The quantitative estimate of drug-likeness (QED) is 0.623. The molecule has 0 unspecified atom stereocenters. The molecule has 0 saturated carbocycles. The van der Waals surface area contributed by atoms with Crippen molar-refractivity contribution in [2.75, 3.05) is 6.54 Å². The van der Waals surface area contributed by atoms with E-state index in [9.17, 15) is 9.59 Å². The van der Waals surface area contributed by atoms with E-state index < -0.39 is 0 Å². The maximum absolute atomic E-state index is 13.1. The Labute approximate surface area is 175 Å². The van der Waals surface area contributed by atoms with Crippen LogP contribution in [0.5, 0.6) is 0 Å². The third-order valence-corrected chi connectivity index (χ3v) is 6.99. The number of benzene rings is 1. The number of aromatic nitrogens is 1. The minimum absolute atomic E-state index is 0.0103. The summed E-state index contributed by atoms with van der Waals surface area (Å²) in [4.78, 5) is 33.2. The van der Waals surface area contributed by atoms with Crippen LogP contribution in [0.2, 0.25) is 0 Å². The van der Waals surface area contributed by atoms with Gasteiger partial charge < -0.3 is 4.90 Å². The molecule has 5 heteroatoms. The van der Waals surface area contributed by atoms with Crippen molar-refractivity contribution < 1.29 is 4.79 Å². The zero-order valence-corrected chi connectivity index (χ0v) is 18.0. The van der Waals surface area contributed by atoms with Crippen molar-refractivity contribution in [2.24, 2.45) is 5.41 Å². The lowest BCUT2D eigenvalue weighted by Gasteiger charge is -2.30. The van der Waals surface area contributed by atoms with Crippen LogP contribution in [-0.2, 0) is 19.4 Å².